The largest absolute Gasteiger partial charge is 0.480 e. The zero-order chi connectivity index (χ0) is 9.84. The lowest BCUT2D eigenvalue weighted by molar-refractivity contribution is -0.136. The van der Waals surface area contributed by atoms with Gasteiger partial charge in [0.05, 0.1) is 0 Å². The minimum absolute atomic E-state index is 0.503. The summed E-state index contributed by atoms with van der Waals surface area (Å²) < 4.78 is 0. The van der Waals surface area contributed by atoms with E-state index in [1.54, 1.807) is 30.5 Å². The quantitative estimate of drug-likeness (QED) is 0.844. The molecule has 0 spiro atoms. The van der Waals surface area contributed by atoms with Gasteiger partial charge in [0.25, 0.3) is 0 Å². The van der Waals surface area contributed by atoms with E-state index < -0.39 is 11.2 Å². The van der Waals surface area contributed by atoms with Crippen LogP contribution in [0.15, 0.2) is 24.3 Å². The van der Waals surface area contributed by atoms with Gasteiger partial charge in [-0.25, -0.2) is 0 Å². The molecule has 0 amide bonds. The molecular weight excluding hydrogens is 208 g/mol. The van der Waals surface area contributed by atoms with Crippen LogP contribution >= 0.6 is 23.4 Å². The summed E-state index contributed by atoms with van der Waals surface area (Å²) in [4.78, 5) is 10.8. The van der Waals surface area contributed by atoms with Crippen molar-refractivity contribution < 1.29 is 9.90 Å². The second kappa shape index (κ2) is 4.53. The predicted octanol–water partition coefficient (Wildman–Crippen LogP) is 2.83. The molecule has 70 valence electrons. The van der Waals surface area contributed by atoms with Crippen molar-refractivity contribution in [3.63, 3.8) is 0 Å². The molecule has 13 heavy (non-hydrogen) atoms. The van der Waals surface area contributed by atoms with Crippen molar-refractivity contribution in [2.24, 2.45) is 0 Å². The number of carboxylic acid groups (broad SMARTS) is 1. The van der Waals surface area contributed by atoms with Gasteiger partial charge in [-0.15, -0.1) is 11.8 Å². The van der Waals surface area contributed by atoms with Crippen LogP contribution in [0.5, 0.6) is 0 Å². The fourth-order valence-corrected chi connectivity index (χ4v) is 1.77. The lowest BCUT2D eigenvalue weighted by Crippen LogP contribution is -2.06. The maximum absolute atomic E-state index is 10.8. The Labute approximate surface area is 85.9 Å². The van der Waals surface area contributed by atoms with Crippen LogP contribution in [0.2, 0.25) is 5.02 Å². The molecule has 1 rings (SSSR count). The smallest absolute Gasteiger partial charge is 0.321 e. The third kappa shape index (κ3) is 2.64. The Morgan fingerprint density at radius 1 is 1.46 bits per heavy atom. The molecule has 4 heteroatoms. The molecule has 1 aromatic carbocycles. The molecule has 1 unspecified atom stereocenters. The van der Waals surface area contributed by atoms with E-state index in [0.29, 0.717) is 5.02 Å². The number of thioether (sulfide) groups is 1. The fraction of sp³-hybridized carbons (Fsp3) is 0.222. The Balaban J connectivity index is 2.92. The highest BCUT2D eigenvalue weighted by atomic mass is 35.5. The summed E-state index contributed by atoms with van der Waals surface area (Å²) in [5.74, 6) is -0.824. The number of aliphatic carboxylic acids is 1. The number of benzene rings is 1. The van der Waals surface area contributed by atoms with Gasteiger partial charge in [-0.05, 0) is 24.0 Å². The van der Waals surface area contributed by atoms with Crippen molar-refractivity contribution in [1.82, 2.24) is 0 Å². The number of rotatable bonds is 3. The first-order valence-corrected chi connectivity index (χ1v) is 5.33. The highest BCUT2D eigenvalue weighted by Gasteiger charge is 2.17. The van der Waals surface area contributed by atoms with Crippen LogP contribution in [0.3, 0.4) is 0 Å². The van der Waals surface area contributed by atoms with Crippen LogP contribution in [0.25, 0.3) is 0 Å². The third-order valence-electron chi connectivity index (χ3n) is 1.63. The summed E-state index contributed by atoms with van der Waals surface area (Å²) in [7, 11) is 0. The predicted molar refractivity (Wildman–Crippen MR) is 55.3 cm³/mol. The van der Waals surface area contributed by atoms with Crippen molar-refractivity contribution in [2.75, 3.05) is 6.26 Å². The van der Waals surface area contributed by atoms with Crippen LogP contribution in [0.1, 0.15) is 10.8 Å². The van der Waals surface area contributed by atoms with Crippen molar-refractivity contribution >= 4 is 29.3 Å². The highest BCUT2D eigenvalue weighted by Crippen LogP contribution is 2.27. The average molecular weight is 217 g/mol. The first-order valence-electron chi connectivity index (χ1n) is 3.66. The average Bonchev–Trinajstić information content (AvgIpc) is 2.09. The standard InChI is InChI=1S/C9H9ClO2S/c1-13-8(9(11)12)6-2-4-7(10)5-3-6/h2-5,8H,1H3,(H,11,12). The Morgan fingerprint density at radius 2 is 2.00 bits per heavy atom. The van der Waals surface area contributed by atoms with Gasteiger partial charge in [0.2, 0.25) is 0 Å². The summed E-state index contributed by atoms with van der Waals surface area (Å²) in [5.41, 5.74) is 0.768. The van der Waals surface area contributed by atoms with Gasteiger partial charge in [-0.3, -0.25) is 4.79 Å². The second-order valence-electron chi connectivity index (χ2n) is 2.51. The Bertz CT molecular complexity index is 297. The summed E-state index contributed by atoms with van der Waals surface area (Å²) in [6, 6.07) is 6.86. The Kier molecular flexibility index (Phi) is 3.63. The summed E-state index contributed by atoms with van der Waals surface area (Å²) in [6.07, 6.45) is 1.77. The minimum Gasteiger partial charge on any atom is -0.480 e. The second-order valence-corrected chi connectivity index (χ2v) is 3.88. The van der Waals surface area contributed by atoms with E-state index in [0.717, 1.165) is 5.56 Å². The SMILES string of the molecule is CSC(C(=O)O)c1ccc(Cl)cc1. The van der Waals surface area contributed by atoms with Gasteiger partial charge in [-0.1, -0.05) is 23.7 Å². The van der Waals surface area contributed by atoms with Crippen LogP contribution in [0.4, 0.5) is 0 Å². The summed E-state index contributed by atoms with van der Waals surface area (Å²) in [6.45, 7) is 0. The molecule has 2 nitrogen and oxygen atoms in total. The number of carboxylic acids is 1. The van der Waals surface area contributed by atoms with Crippen LogP contribution in [-0.2, 0) is 4.79 Å². The molecule has 0 aromatic heterocycles. The molecule has 0 radical (unpaired) electrons. The van der Waals surface area contributed by atoms with Crippen molar-refractivity contribution in [3.05, 3.63) is 34.9 Å². The summed E-state index contributed by atoms with van der Waals surface area (Å²) >= 11 is 6.98. The van der Waals surface area contributed by atoms with E-state index in [2.05, 4.69) is 0 Å². The van der Waals surface area contributed by atoms with E-state index in [4.69, 9.17) is 16.7 Å². The molecule has 1 N–H and O–H groups in total. The summed E-state index contributed by atoms with van der Waals surface area (Å²) in [5, 5.41) is 8.96. The number of halogens is 1. The molecule has 0 aliphatic carbocycles. The molecular formula is C9H9ClO2S. The van der Waals surface area contributed by atoms with Crippen molar-refractivity contribution in [2.45, 2.75) is 5.25 Å². The van der Waals surface area contributed by atoms with Crippen molar-refractivity contribution in [3.8, 4) is 0 Å². The zero-order valence-corrected chi connectivity index (χ0v) is 8.60. The van der Waals surface area contributed by atoms with E-state index in [1.165, 1.54) is 11.8 Å². The number of hydrogen-bond acceptors (Lipinski definition) is 2. The first kappa shape index (κ1) is 10.4. The Hall–Kier alpha value is -0.670. The fourth-order valence-electron chi connectivity index (χ4n) is 1.02. The maximum atomic E-state index is 10.8. The van der Waals surface area contributed by atoms with E-state index >= 15 is 0 Å². The molecule has 0 aliphatic heterocycles. The molecule has 0 saturated heterocycles. The molecule has 0 aliphatic rings. The van der Waals surface area contributed by atoms with Gasteiger partial charge in [0, 0.05) is 5.02 Å². The van der Waals surface area contributed by atoms with Gasteiger partial charge in [0.1, 0.15) is 5.25 Å². The Morgan fingerprint density at radius 3 is 2.38 bits per heavy atom. The van der Waals surface area contributed by atoms with Crippen LogP contribution in [0, 0.1) is 0 Å². The first-order chi connectivity index (χ1) is 6.15. The van der Waals surface area contributed by atoms with E-state index in [-0.39, 0.29) is 0 Å². The third-order valence-corrected chi connectivity index (χ3v) is 2.83. The van der Waals surface area contributed by atoms with Gasteiger partial charge < -0.3 is 5.11 Å². The van der Waals surface area contributed by atoms with Gasteiger partial charge in [0.15, 0.2) is 0 Å². The molecule has 1 atom stereocenters. The molecule has 0 heterocycles. The topological polar surface area (TPSA) is 37.3 Å². The lowest BCUT2D eigenvalue weighted by Gasteiger charge is -2.08. The highest BCUT2D eigenvalue weighted by molar-refractivity contribution is 7.99. The van der Waals surface area contributed by atoms with Crippen LogP contribution in [-0.4, -0.2) is 17.3 Å². The molecule has 0 fully saturated rings. The van der Waals surface area contributed by atoms with Gasteiger partial charge in [-0.2, -0.15) is 0 Å². The lowest BCUT2D eigenvalue weighted by atomic mass is 10.1. The number of hydrogen-bond donors (Lipinski definition) is 1. The number of carbonyl (C=O) groups is 1. The molecule has 0 saturated carbocycles. The van der Waals surface area contributed by atoms with Gasteiger partial charge >= 0.3 is 5.97 Å². The molecule has 0 bridgehead atoms. The minimum atomic E-state index is -0.824. The maximum Gasteiger partial charge on any atom is 0.321 e. The normalized spacial score (nSPS) is 12.5. The monoisotopic (exact) mass is 216 g/mol. The molecule has 1 aromatic rings. The van der Waals surface area contributed by atoms with E-state index in [1.807, 2.05) is 0 Å². The van der Waals surface area contributed by atoms with Crippen molar-refractivity contribution in [1.29, 1.82) is 0 Å². The van der Waals surface area contributed by atoms with E-state index in [9.17, 15) is 4.79 Å². The van der Waals surface area contributed by atoms with Crippen LogP contribution < -0.4 is 0 Å². The zero-order valence-electron chi connectivity index (χ0n) is 7.03.